The number of hydrogen-bond donors (Lipinski definition) is 1. The van der Waals surface area contributed by atoms with Crippen LogP contribution in [0.25, 0.3) is 11.0 Å². The first-order valence-corrected chi connectivity index (χ1v) is 9.17. The van der Waals surface area contributed by atoms with Crippen LogP contribution in [0, 0.1) is 0 Å². The summed E-state index contributed by atoms with van der Waals surface area (Å²) in [5.41, 5.74) is 2.87. The van der Waals surface area contributed by atoms with Crippen LogP contribution in [-0.2, 0) is 27.7 Å². The third kappa shape index (κ3) is 3.12. The highest BCUT2D eigenvalue weighted by atomic mass is 16.5. The molecule has 2 heterocycles. The number of nitrogens with zero attached hydrogens (tertiary/aromatic N) is 5. The van der Waals surface area contributed by atoms with Crippen LogP contribution in [0.2, 0.25) is 0 Å². The third-order valence-corrected chi connectivity index (χ3v) is 5.19. The number of methoxy groups -OCH3 is 1. The molecular weight excluding hydrogens is 360 g/mol. The zero-order valence-electron chi connectivity index (χ0n) is 16.5. The second kappa shape index (κ2) is 6.74. The summed E-state index contributed by atoms with van der Waals surface area (Å²) in [6, 6.07) is 3.60. The zero-order chi connectivity index (χ0) is 20.0. The number of benzene rings is 1. The average molecular weight is 384 g/mol. The van der Waals surface area contributed by atoms with Crippen LogP contribution in [0.4, 0.5) is 10.5 Å². The first kappa shape index (κ1) is 18.1. The predicted octanol–water partition coefficient (Wildman–Crippen LogP) is 1.82. The number of anilines is 1. The minimum atomic E-state index is -0.190. The van der Waals surface area contributed by atoms with E-state index in [-0.39, 0.29) is 17.8 Å². The van der Waals surface area contributed by atoms with Gasteiger partial charge in [-0.15, -0.1) is 0 Å². The molecule has 0 bridgehead atoms. The summed E-state index contributed by atoms with van der Waals surface area (Å²) in [5, 5.41) is 7.15. The van der Waals surface area contributed by atoms with Crippen LogP contribution in [0.5, 0.6) is 5.75 Å². The van der Waals surface area contributed by atoms with E-state index in [2.05, 4.69) is 10.4 Å². The molecule has 0 unspecified atom stereocenters. The fourth-order valence-electron chi connectivity index (χ4n) is 3.48. The van der Waals surface area contributed by atoms with Gasteiger partial charge in [0.2, 0.25) is 0 Å². The molecule has 0 radical (unpaired) electrons. The molecule has 1 N–H and O–H groups in total. The molecule has 0 spiro atoms. The van der Waals surface area contributed by atoms with E-state index >= 15 is 0 Å². The lowest BCUT2D eigenvalue weighted by molar-refractivity contribution is 0.206. The third-order valence-electron chi connectivity index (χ3n) is 5.19. The maximum absolute atomic E-state index is 13.0. The number of ether oxygens (including phenoxy) is 1. The van der Waals surface area contributed by atoms with Crippen LogP contribution < -0.4 is 15.7 Å². The van der Waals surface area contributed by atoms with Crippen LogP contribution >= 0.6 is 0 Å². The summed E-state index contributed by atoms with van der Waals surface area (Å²) >= 11 is 0. The van der Waals surface area contributed by atoms with E-state index in [1.165, 1.54) is 0 Å². The van der Waals surface area contributed by atoms with Crippen molar-refractivity contribution in [1.29, 1.82) is 0 Å². The van der Waals surface area contributed by atoms with Crippen molar-refractivity contribution in [3.8, 4) is 5.75 Å². The van der Waals surface area contributed by atoms with Crippen molar-refractivity contribution < 1.29 is 9.53 Å². The highest BCUT2D eigenvalue weighted by Gasteiger charge is 2.33. The Morgan fingerprint density at radius 1 is 1.25 bits per heavy atom. The average Bonchev–Trinajstić information content (AvgIpc) is 3.40. The SMILES string of the molecule is COc1cc2c(cc1NC(=O)N(Cc1cnn(C)c1)C1CC1)n(C)c(=O)n2C. The van der Waals surface area contributed by atoms with Crippen molar-refractivity contribution >= 4 is 22.8 Å². The standard InChI is InChI=1S/C19H24N6O3/c1-22-10-12(9-20-22)11-25(13-5-6-13)18(26)21-14-7-15-16(8-17(14)28-4)24(3)19(27)23(15)2/h7-10,13H,5-6,11H2,1-4H3,(H,21,26). The van der Waals surface area contributed by atoms with Gasteiger partial charge in [-0.1, -0.05) is 0 Å². The number of hydrogen-bond acceptors (Lipinski definition) is 4. The number of rotatable bonds is 5. The number of amides is 2. The number of urea groups is 1. The van der Waals surface area contributed by atoms with E-state index < -0.39 is 0 Å². The van der Waals surface area contributed by atoms with Gasteiger partial charge >= 0.3 is 11.7 Å². The van der Waals surface area contributed by atoms with E-state index in [0.717, 1.165) is 29.4 Å². The molecule has 4 rings (SSSR count). The molecule has 148 valence electrons. The molecular formula is C19H24N6O3. The molecule has 0 saturated heterocycles. The van der Waals surface area contributed by atoms with Gasteiger partial charge in [-0.25, -0.2) is 9.59 Å². The lowest BCUT2D eigenvalue weighted by Gasteiger charge is -2.23. The van der Waals surface area contributed by atoms with Crippen LogP contribution in [0.1, 0.15) is 18.4 Å². The normalized spacial score (nSPS) is 13.7. The molecule has 0 aliphatic heterocycles. The molecule has 1 aliphatic rings. The largest absolute Gasteiger partial charge is 0.494 e. The molecule has 1 aromatic carbocycles. The molecule has 0 atom stereocenters. The first-order valence-electron chi connectivity index (χ1n) is 9.17. The van der Waals surface area contributed by atoms with E-state index in [1.54, 1.807) is 53.4 Å². The van der Waals surface area contributed by atoms with Gasteiger partial charge < -0.3 is 15.0 Å². The highest BCUT2D eigenvalue weighted by molar-refractivity contribution is 5.95. The summed E-state index contributed by atoms with van der Waals surface area (Å²) < 4.78 is 10.3. The molecule has 2 aromatic heterocycles. The Balaban J connectivity index is 1.64. The van der Waals surface area contributed by atoms with Crippen molar-refractivity contribution in [2.75, 3.05) is 12.4 Å². The number of fused-ring (bicyclic) bond motifs is 1. The Bertz CT molecular complexity index is 1110. The van der Waals surface area contributed by atoms with Crippen molar-refractivity contribution in [1.82, 2.24) is 23.8 Å². The van der Waals surface area contributed by atoms with Crippen molar-refractivity contribution in [3.63, 3.8) is 0 Å². The monoisotopic (exact) mass is 384 g/mol. The predicted molar refractivity (Wildman–Crippen MR) is 106 cm³/mol. The molecule has 9 nitrogen and oxygen atoms in total. The molecule has 9 heteroatoms. The van der Waals surface area contributed by atoms with E-state index in [1.807, 2.05) is 18.1 Å². The molecule has 28 heavy (non-hydrogen) atoms. The maximum Gasteiger partial charge on any atom is 0.328 e. The minimum Gasteiger partial charge on any atom is -0.494 e. The van der Waals surface area contributed by atoms with Gasteiger partial charge in [-0.3, -0.25) is 13.8 Å². The van der Waals surface area contributed by atoms with Crippen molar-refractivity contribution in [3.05, 3.63) is 40.6 Å². The Hall–Kier alpha value is -3.23. The van der Waals surface area contributed by atoms with E-state index in [0.29, 0.717) is 18.0 Å². The molecule has 2 amide bonds. The summed E-state index contributed by atoms with van der Waals surface area (Å²) in [7, 11) is 6.83. The Kier molecular flexibility index (Phi) is 4.37. The van der Waals surface area contributed by atoms with Crippen LogP contribution in [0.3, 0.4) is 0 Å². The smallest absolute Gasteiger partial charge is 0.328 e. The fraction of sp³-hybridized carbons (Fsp3) is 0.421. The number of aryl methyl sites for hydroxylation is 3. The van der Waals surface area contributed by atoms with Gasteiger partial charge in [0.05, 0.1) is 36.6 Å². The van der Waals surface area contributed by atoms with E-state index in [4.69, 9.17) is 4.74 Å². The topological polar surface area (TPSA) is 86.3 Å². The highest BCUT2D eigenvalue weighted by Crippen LogP contribution is 2.32. The Morgan fingerprint density at radius 2 is 1.93 bits per heavy atom. The van der Waals surface area contributed by atoms with Gasteiger partial charge in [-0.2, -0.15) is 5.10 Å². The summed E-state index contributed by atoms with van der Waals surface area (Å²) in [4.78, 5) is 27.1. The number of nitrogens with one attached hydrogen (secondary N) is 1. The van der Waals surface area contributed by atoms with E-state index in [9.17, 15) is 9.59 Å². The van der Waals surface area contributed by atoms with Crippen LogP contribution in [-0.4, -0.2) is 43.0 Å². The van der Waals surface area contributed by atoms with Gasteiger partial charge in [0.25, 0.3) is 0 Å². The van der Waals surface area contributed by atoms with Crippen LogP contribution in [0.15, 0.2) is 29.3 Å². The second-order valence-corrected chi connectivity index (χ2v) is 7.25. The van der Waals surface area contributed by atoms with Gasteiger partial charge in [-0.05, 0) is 18.9 Å². The van der Waals surface area contributed by atoms with Gasteiger partial charge in [0.15, 0.2) is 0 Å². The number of carbonyl (C=O) groups is 1. The van der Waals surface area contributed by atoms with Crippen molar-refractivity contribution in [2.24, 2.45) is 21.1 Å². The molecule has 3 aromatic rings. The van der Waals surface area contributed by atoms with Gasteiger partial charge in [0, 0.05) is 45.0 Å². The Labute approximate surface area is 162 Å². The number of imidazole rings is 1. The van der Waals surface area contributed by atoms with Crippen molar-refractivity contribution in [2.45, 2.75) is 25.4 Å². The quantitative estimate of drug-likeness (QED) is 0.727. The maximum atomic E-state index is 13.0. The summed E-state index contributed by atoms with van der Waals surface area (Å²) in [6.45, 7) is 0.499. The Morgan fingerprint density at radius 3 is 2.50 bits per heavy atom. The summed E-state index contributed by atoms with van der Waals surface area (Å²) in [6.07, 6.45) is 5.68. The van der Waals surface area contributed by atoms with Gasteiger partial charge in [0.1, 0.15) is 5.75 Å². The number of aromatic nitrogens is 4. The lowest BCUT2D eigenvalue weighted by Crippen LogP contribution is -2.36. The fourth-order valence-corrected chi connectivity index (χ4v) is 3.48. The molecule has 1 fully saturated rings. The minimum absolute atomic E-state index is 0.128. The molecule has 1 aliphatic carbocycles. The lowest BCUT2D eigenvalue weighted by atomic mass is 10.2. The molecule has 1 saturated carbocycles. The number of carbonyl (C=O) groups excluding carboxylic acids is 1. The first-order chi connectivity index (χ1) is 13.4. The summed E-state index contributed by atoms with van der Waals surface area (Å²) in [5.74, 6) is 0.513. The second-order valence-electron chi connectivity index (χ2n) is 7.25. The zero-order valence-corrected chi connectivity index (χ0v) is 16.5.